The Balaban J connectivity index is 1.90. The topological polar surface area (TPSA) is 103 Å². The fourth-order valence-corrected chi connectivity index (χ4v) is 5.36. The van der Waals surface area contributed by atoms with Crippen LogP contribution in [0.15, 0.2) is 53.3 Å². The second-order valence-corrected chi connectivity index (χ2v) is 10.8. The average molecular weight is 496 g/mol. The maximum Gasteiger partial charge on any atom is 0.327 e. The lowest BCUT2D eigenvalue weighted by Crippen LogP contribution is -2.29. The molecule has 0 saturated heterocycles. The van der Waals surface area contributed by atoms with Crippen LogP contribution in [-0.2, 0) is 9.84 Å². The summed E-state index contributed by atoms with van der Waals surface area (Å²) >= 11 is 0. The number of benzene rings is 2. The average Bonchev–Trinajstić information content (AvgIpc) is 3.12. The normalized spacial score (nSPS) is 12.6. The van der Waals surface area contributed by atoms with Crippen molar-refractivity contribution in [3.8, 4) is 22.8 Å². The van der Waals surface area contributed by atoms with E-state index in [4.69, 9.17) is 9.47 Å². The molecular weight excluding hydrogens is 466 g/mol. The van der Waals surface area contributed by atoms with Gasteiger partial charge < -0.3 is 14.5 Å². The quantitative estimate of drug-likeness (QED) is 0.396. The van der Waals surface area contributed by atoms with Gasteiger partial charge in [-0.3, -0.25) is 4.57 Å². The Hall–Kier alpha value is -3.59. The van der Waals surface area contributed by atoms with Crippen molar-refractivity contribution in [2.75, 3.05) is 25.7 Å². The molecule has 9 heteroatoms. The first-order valence-electron chi connectivity index (χ1n) is 11.3. The second kappa shape index (κ2) is 9.58. The molecule has 2 aromatic heterocycles. The third kappa shape index (κ3) is 4.95. The summed E-state index contributed by atoms with van der Waals surface area (Å²) in [6, 6.07) is 14.3. The highest BCUT2D eigenvalue weighted by Gasteiger charge is 2.26. The zero-order chi connectivity index (χ0) is 25.3. The van der Waals surface area contributed by atoms with Crippen molar-refractivity contribution in [3.05, 3.63) is 75.8 Å². The molecule has 1 unspecified atom stereocenters. The van der Waals surface area contributed by atoms with Gasteiger partial charge in [-0.25, -0.2) is 18.2 Å². The van der Waals surface area contributed by atoms with Crippen LogP contribution in [0, 0.1) is 13.8 Å². The molecule has 184 valence electrons. The standard InChI is InChI=1S/C26H29N3O5S/c1-6-34-25-23(33-4)13-11-19(27-25)22(15-35(5,31)32)29-21-12-10-18(14-20(21)28-26(29)30)24-16(2)8-7-9-17(24)3/h7-14,22H,6,15H2,1-5H3,(H,28,30). The first-order chi connectivity index (χ1) is 16.6. The summed E-state index contributed by atoms with van der Waals surface area (Å²) in [6.45, 7) is 6.28. The zero-order valence-electron chi connectivity index (χ0n) is 20.5. The van der Waals surface area contributed by atoms with Crippen LogP contribution in [0.1, 0.15) is 29.8 Å². The number of hydrogen-bond acceptors (Lipinski definition) is 6. The van der Waals surface area contributed by atoms with Crippen molar-refractivity contribution in [2.24, 2.45) is 0 Å². The number of ether oxygens (including phenoxy) is 2. The van der Waals surface area contributed by atoms with Gasteiger partial charge >= 0.3 is 5.69 Å². The van der Waals surface area contributed by atoms with E-state index >= 15 is 0 Å². The molecule has 2 aromatic carbocycles. The number of fused-ring (bicyclic) bond motifs is 1. The summed E-state index contributed by atoms with van der Waals surface area (Å²) in [7, 11) is -1.97. The Morgan fingerprint density at radius 3 is 2.43 bits per heavy atom. The van der Waals surface area contributed by atoms with Gasteiger partial charge in [0.1, 0.15) is 9.84 Å². The summed E-state index contributed by atoms with van der Waals surface area (Å²) in [5.74, 6) is 0.373. The predicted octanol–water partition coefficient (Wildman–Crippen LogP) is 4.05. The molecule has 0 aliphatic carbocycles. The third-order valence-electron chi connectivity index (χ3n) is 5.95. The van der Waals surface area contributed by atoms with E-state index in [1.807, 2.05) is 57.2 Å². The molecule has 0 fully saturated rings. The number of hydrogen-bond donors (Lipinski definition) is 1. The van der Waals surface area contributed by atoms with Crippen LogP contribution in [0.2, 0.25) is 0 Å². The molecule has 0 bridgehead atoms. The van der Waals surface area contributed by atoms with E-state index in [0.717, 1.165) is 28.5 Å². The number of rotatable bonds is 8. The van der Waals surface area contributed by atoms with Crippen molar-refractivity contribution in [3.63, 3.8) is 0 Å². The van der Waals surface area contributed by atoms with Gasteiger partial charge in [-0.15, -0.1) is 0 Å². The maximum absolute atomic E-state index is 13.2. The lowest BCUT2D eigenvalue weighted by Gasteiger charge is -2.19. The molecule has 0 amide bonds. The molecule has 1 N–H and O–H groups in total. The zero-order valence-corrected chi connectivity index (χ0v) is 21.3. The van der Waals surface area contributed by atoms with Crippen LogP contribution in [0.5, 0.6) is 11.6 Å². The number of nitrogens with zero attached hydrogens (tertiary/aromatic N) is 2. The van der Waals surface area contributed by atoms with Gasteiger partial charge in [0.25, 0.3) is 5.88 Å². The van der Waals surface area contributed by atoms with E-state index in [9.17, 15) is 13.2 Å². The first-order valence-corrected chi connectivity index (χ1v) is 13.3. The van der Waals surface area contributed by atoms with E-state index in [2.05, 4.69) is 9.97 Å². The molecule has 0 radical (unpaired) electrons. The largest absolute Gasteiger partial charge is 0.491 e. The number of methoxy groups -OCH3 is 1. The van der Waals surface area contributed by atoms with E-state index in [1.165, 1.54) is 11.7 Å². The van der Waals surface area contributed by atoms with Crippen LogP contribution in [-0.4, -0.2) is 48.7 Å². The monoisotopic (exact) mass is 495 g/mol. The highest BCUT2D eigenvalue weighted by molar-refractivity contribution is 7.90. The molecule has 35 heavy (non-hydrogen) atoms. The number of H-pyrrole nitrogens is 1. The van der Waals surface area contributed by atoms with Crippen LogP contribution >= 0.6 is 0 Å². The number of aryl methyl sites for hydroxylation is 2. The lowest BCUT2D eigenvalue weighted by atomic mass is 9.95. The first kappa shape index (κ1) is 24.5. The Kier molecular flexibility index (Phi) is 6.71. The van der Waals surface area contributed by atoms with Gasteiger partial charge in [-0.1, -0.05) is 24.3 Å². The molecule has 0 saturated carbocycles. The number of aromatic nitrogens is 3. The molecule has 2 heterocycles. The van der Waals surface area contributed by atoms with Crippen LogP contribution < -0.4 is 15.2 Å². The molecule has 8 nitrogen and oxygen atoms in total. The lowest BCUT2D eigenvalue weighted by molar-refractivity contribution is 0.296. The number of aromatic amines is 1. The summed E-state index contributed by atoms with van der Waals surface area (Å²) in [6.07, 6.45) is 1.14. The minimum atomic E-state index is -3.47. The van der Waals surface area contributed by atoms with Gasteiger partial charge in [-0.05, 0) is 67.3 Å². The fraction of sp³-hybridized carbons (Fsp3) is 0.308. The Bertz CT molecular complexity index is 1530. The van der Waals surface area contributed by atoms with Gasteiger partial charge in [-0.2, -0.15) is 0 Å². The summed E-state index contributed by atoms with van der Waals surface area (Å²) in [5.41, 5.74) is 5.53. The Labute approximate surface area is 204 Å². The van der Waals surface area contributed by atoms with E-state index in [0.29, 0.717) is 29.1 Å². The Morgan fingerprint density at radius 2 is 1.80 bits per heavy atom. The van der Waals surface area contributed by atoms with Gasteiger partial charge in [0.2, 0.25) is 0 Å². The highest BCUT2D eigenvalue weighted by Crippen LogP contribution is 2.32. The summed E-state index contributed by atoms with van der Waals surface area (Å²) in [5, 5.41) is 0. The van der Waals surface area contributed by atoms with Crippen LogP contribution in [0.25, 0.3) is 22.2 Å². The Morgan fingerprint density at radius 1 is 1.09 bits per heavy atom. The second-order valence-electron chi connectivity index (χ2n) is 8.58. The van der Waals surface area contributed by atoms with Crippen LogP contribution in [0.3, 0.4) is 0 Å². The van der Waals surface area contributed by atoms with Crippen molar-refractivity contribution >= 4 is 20.9 Å². The molecule has 0 aliphatic heterocycles. The molecule has 1 atom stereocenters. The number of imidazole rings is 1. The van der Waals surface area contributed by atoms with Crippen LogP contribution in [0.4, 0.5) is 0 Å². The van der Waals surface area contributed by atoms with E-state index in [-0.39, 0.29) is 11.6 Å². The summed E-state index contributed by atoms with van der Waals surface area (Å²) < 4.78 is 37.1. The fourth-order valence-electron chi connectivity index (χ4n) is 4.47. The van der Waals surface area contributed by atoms with Crippen molar-refractivity contribution in [2.45, 2.75) is 26.8 Å². The summed E-state index contributed by atoms with van der Waals surface area (Å²) in [4.78, 5) is 20.6. The van der Waals surface area contributed by atoms with Gasteiger partial charge in [0.15, 0.2) is 5.75 Å². The number of nitrogens with one attached hydrogen (secondary N) is 1. The van der Waals surface area contributed by atoms with Gasteiger partial charge in [0, 0.05) is 6.26 Å². The maximum atomic E-state index is 13.2. The van der Waals surface area contributed by atoms with Crippen molar-refractivity contribution in [1.82, 2.24) is 14.5 Å². The highest BCUT2D eigenvalue weighted by atomic mass is 32.2. The number of pyridine rings is 1. The van der Waals surface area contributed by atoms with Crippen molar-refractivity contribution < 1.29 is 17.9 Å². The molecule has 4 aromatic rings. The van der Waals surface area contributed by atoms with Gasteiger partial charge in [0.05, 0.1) is 42.2 Å². The SMILES string of the molecule is CCOc1nc(C(CS(C)(=O)=O)n2c(=O)[nH]c3cc(-c4c(C)cccc4C)ccc32)ccc1OC. The minimum absolute atomic E-state index is 0.246. The minimum Gasteiger partial charge on any atom is -0.491 e. The molecular formula is C26H29N3O5S. The van der Waals surface area contributed by atoms with Crippen molar-refractivity contribution in [1.29, 1.82) is 0 Å². The smallest absolute Gasteiger partial charge is 0.327 e. The van der Waals surface area contributed by atoms with E-state index in [1.54, 1.807) is 12.1 Å². The predicted molar refractivity (Wildman–Crippen MR) is 137 cm³/mol. The third-order valence-corrected chi connectivity index (χ3v) is 6.87. The number of sulfone groups is 1. The molecule has 0 spiro atoms. The van der Waals surface area contributed by atoms with E-state index < -0.39 is 21.6 Å². The molecule has 0 aliphatic rings. The molecule has 4 rings (SSSR count).